The molecule has 2 aromatic heterocycles. The van der Waals surface area contributed by atoms with Crippen LogP contribution in [0.3, 0.4) is 0 Å². The van der Waals surface area contributed by atoms with Gasteiger partial charge in [-0.2, -0.15) is 10.2 Å². The van der Waals surface area contributed by atoms with Crippen LogP contribution in [0.4, 0.5) is 0 Å². The minimum absolute atomic E-state index is 0.126. The number of hydrogen-bond donors (Lipinski definition) is 1. The third kappa shape index (κ3) is 3.83. The Morgan fingerprint density at radius 1 is 1.27 bits per heavy atom. The second-order valence-electron chi connectivity index (χ2n) is 6.08. The molecule has 0 fully saturated rings. The smallest absolute Gasteiger partial charge is 0.251 e. The molecule has 0 radical (unpaired) electrons. The van der Waals surface area contributed by atoms with Crippen LogP contribution in [0.5, 0.6) is 0 Å². The lowest BCUT2D eigenvalue weighted by Gasteiger charge is -2.08. The molecule has 0 saturated carbocycles. The van der Waals surface area contributed by atoms with E-state index in [1.807, 2.05) is 49.8 Å². The number of nitrogens with zero attached hydrogens (tertiary/aromatic N) is 4. The highest BCUT2D eigenvalue weighted by Gasteiger charge is 2.11. The first-order chi connectivity index (χ1) is 12.4. The Morgan fingerprint density at radius 2 is 1.96 bits per heavy atom. The van der Waals surface area contributed by atoms with Gasteiger partial charge in [-0.15, -0.1) is 0 Å². The zero-order chi connectivity index (χ0) is 18.8. The summed E-state index contributed by atoms with van der Waals surface area (Å²) in [6.45, 7) is 4.85. The molecule has 0 aliphatic rings. The molecule has 3 aromatic rings. The zero-order valence-corrected chi connectivity index (χ0v) is 17.1. The SMILES string of the molecule is Cc1nn(Cc2ccc(C(=O)NCc3c(Br)cnn3C)cc2)c(C)c1Cl. The van der Waals surface area contributed by atoms with Crippen molar-refractivity contribution >= 4 is 33.4 Å². The van der Waals surface area contributed by atoms with E-state index in [0.29, 0.717) is 23.7 Å². The molecule has 0 spiro atoms. The van der Waals surface area contributed by atoms with Crippen molar-refractivity contribution in [3.05, 3.63) is 68.2 Å². The van der Waals surface area contributed by atoms with Gasteiger partial charge in [0.25, 0.3) is 5.91 Å². The third-order valence-electron chi connectivity index (χ3n) is 4.27. The molecule has 0 atom stereocenters. The van der Waals surface area contributed by atoms with E-state index in [9.17, 15) is 4.79 Å². The molecule has 0 aliphatic carbocycles. The normalized spacial score (nSPS) is 11.0. The average Bonchev–Trinajstić information content (AvgIpc) is 3.07. The molecule has 1 amide bonds. The van der Waals surface area contributed by atoms with Gasteiger partial charge in [0.2, 0.25) is 0 Å². The number of hydrogen-bond acceptors (Lipinski definition) is 3. The Kier molecular flexibility index (Phi) is 5.48. The Morgan fingerprint density at radius 3 is 2.50 bits per heavy atom. The lowest BCUT2D eigenvalue weighted by molar-refractivity contribution is 0.0950. The van der Waals surface area contributed by atoms with Gasteiger partial charge in [0, 0.05) is 12.6 Å². The van der Waals surface area contributed by atoms with Gasteiger partial charge in [0.1, 0.15) is 0 Å². The molecule has 3 rings (SSSR count). The number of amides is 1. The Labute approximate surface area is 165 Å². The van der Waals surface area contributed by atoms with Crippen molar-refractivity contribution in [3.63, 3.8) is 0 Å². The number of aryl methyl sites for hydroxylation is 2. The second-order valence-corrected chi connectivity index (χ2v) is 7.32. The quantitative estimate of drug-likeness (QED) is 0.664. The highest BCUT2D eigenvalue weighted by atomic mass is 79.9. The van der Waals surface area contributed by atoms with Crippen molar-refractivity contribution in [2.75, 3.05) is 0 Å². The summed E-state index contributed by atoms with van der Waals surface area (Å²) >= 11 is 9.61. The highest BCUT2D eigenvalue weighted by molar-refractivity contribution is 9.10. The van der Waals surface area contributed by atoms with Gasteiger partial charge in [0.15, 0.2) is 0 Å². The first-order valence-corrected chi connectivity index (χ1v) is 9.27. The molecule has 0 saturated heterocycles. The van der Waals surface area contributed by atoms with Crippen molar-refractivity contribution in [2.45, 2.75) is 26.9 Å². The van der Waals surface area contributed by atoms with E-state index < -0.39 is 0 Å². The number of rotatable bonds is 5. The predicted octanol–water partition coefficient (Wildman–Crippen LogP) is 3.63. The largest absolute Gasteiger partial charge is 0.346 e. The summed E-state index contributed by atoms with van der Waals surface area (Å²) in [7, 11) is 1.84. The van der Waals surface area contributed by atoms with Gasteiger partial charge in [-0.05, 0) is 47.5 Å². The second kappa shape index (κ2) is 7.63. The molecule has 26 heavy (non-hydrogen) atoms. The Hall–Kier alpha value is -2.12. The molecule has 1 N–H and O–H groups in total. The highest BCUT2D eigenvalue weighted by Crippen LogP contribution is 2.20. The van der Waals surface area contributed by atoms with Gasteiger partial charge in [-0.25, -0.2) is 0 Å². The maximum absolute atomic E-state index is 12.3. The number of nitrogens with one attached hydrogen (secondary N) is 1. The van der Waals surface area contributed by atoms with E-state index >= 15 is 0 Å². The van der Waals surface area contributed by atoms with E-state index in [1.165, 1.54) is 0 Å². The third-order valence-corrected chi connectivity index (χ3v) is 5.48. The van der Waals surface area contributed by atoms with E-state index in [2.05, 4.69) is 31.4 Å². The maximum Gasteiger partial charge on any atom is 0.251 e. The molecule has 136 valence electrons. The minimum Gasteiger partial charge on any atom is -0.346 e. The summed E-state index contributed by atoms with van der Waals surface area (Å²) in [5.74, 6) is -0.126. The maximum atomic E-state index is 12.3. The fourth-order valence-electron chi connectivity index (χ4n) is 2.66. The fraction of sp³-hybridized carbons (Fsp3) is 0.278. The molecule has 0 unspecified atom stereocenters. The van der Waals surface area contributed by atoms with Crippen molar-refractivity contribution in [2.24, 2.45) is 7.05 Å². The van der Waals surface area contributed by atoms with Crippen LogP contribution in [0.2, 0.25) is 5.02 Å². The molecule has 6 nitrogen and oxygen atoms in total. The first-order valence-electron chi connectivity index (χ1n) is 8.10. The number of carbonyl (C=O) groups excluding carboxylic acids is 1. The predicted molar refractivity (Wildman–Crippen MR) is 104 cm³/mol. The van der Waals surface area contributed by atoms with Crippen LogP contribution in [0.25, 0.3) is 0 Å². The summed E-state index contributed by atoms with van der Waals surface area (Å²) in [5, 5.41) is 12.2. The van der Waals surface area contributed by atoms with Crippen LogP contribution < -0.4 is 5.32 Å². The summed E-state index contributed by atoms with van der Waals surface area (Å²) in [6, 6.07) is 7.49. The molecular formula is C18H19BrClN5O. The van der Waals surface area contributed by atoms with Crippen LogP contribution >= 0.6 is 27.5 Å². The van der Waals surface area contributed by atoms with Crippen LogP contribution in [0, 0.1) is 13.8 Å². The number of benzene rings is 1. The van der Waals surface area contributed by atoms with E-state index in [0.717, 1.165) is 27.1 Å². The summed E-state index contributed by atoms with van der Waals surface area (Å²) < 4.78 is 4.47. The summed E-state index contributed by atoms with van der Waals surface area (Å²) in [6.07, 6.45) is 1.71. The fourth-order valence-corrected chi connectivity index (χ4v) is 3.29. The Bertz CT molecular complexity index is 926. The van der Waals surface area contributed by atoms with E-state index in [-0.39, 0.29) is 5.91 Å². The number of halogens is 2. The van der Waals surface area contributed by atoms with Crippen molar-refractivity contribution in [1.29, 1.82) is 0 Å². The average molecular weight is 437 g/mol. The molecule has 2 heterocycles. The van der Waals surface area contributed by atoms with E-state index in [1.54, 1.807) is 10.9 Å². The standard InChI is InChI=1S/C18H19BrClN5O/c1-11-17(20)12(2)25(23-11)10-13-4-6-14(7-5-13)18(26)21-9-16-15(19)8-22-24(16)3/h4-8H,9-10H2,1-3H3,(H,21,26). The first kappa shape index (κ1) is 18.7. The molecule has 8 heteroatoms. The van der Waals surface area contributed by atoms with Crippen molar-refractivity contribution in [1.82, 2.24) is 24.9 Å². The van der Waals surface area contributed by atoms with Crippen LogP contribution in [-0.4, -0.2) is 25.5 Å². The Balaban J connectivity index is 1.65. The van der Waals surface area contributed by atoms with Crippen molar-refractivity contribution in [3.8, 4) is 0 Å². The van der Waals surface area contributed by atoms with E-state index in [4.69, 9.17) is 11.6 Å². The van der Waals surface area contributed by atoms with Gasteiger partial charge in [0.05, 0.1) is 45.9 Å². The van der Waals surface area contributed by atoms with Gasteiger partial charge < -0.3 is 5.32 Å². The lowest BCUT2D eigenvalue weighted by atomic mass is 10.1. The molecule has 1 aromatic carbocycles. The minimum atomic E-state index is -0.126. The van der Waals surface area contributed by atoms with Gasteiger partial charge in [-0.3, -0.25) is 14.2 Å². The van der Waals surface area contributed by atoms with Crippen LogP contribution in [0.1, 0.15) is 33.0 Å². The number of aromatic nitrogens is 4. The monoisotopic (exact) mass is 435 g/mol. The molecule has 0 bridgehead atoms. The van der Waals surface area contributed by atoms with Gasteiger partial charge in [-0.1, -0.05) is 23.7 Å². The summed E-state index contributed by atoms with van der Waals surface area (Å²) in [5.41, 5.74) is 4.34. The van der Waals surface area contributed by atoms with Crippen molar-refractivity contribution < 1.29 is 4.79 Å². The molecular weight excluding hydrogens is 418 g/mol. The van der Waals surface area contributed by atoms with Crippen LogP contribution in [0.15, 0.2) is 34.9 Å². The zero-order valence-electron chi connectivity index (χ0n) is 14.8. The molecule has 0 aliphatic heterocycles. The topological polar surface area (TPSA) is 64.7 Å². The van der Waals surface area contributed by atoms with Crippen LogP contribution in [-0.2, 0) is 20.1 Å². The number of carbonyl (C=O) groups is 1. The summed E-state index contributed by atoms with van der Waals surface area (Å²) in [4.78, 5) is 12.3. The van der Waals surface area contributed by atoms with Gasteiger partial charge >= 0.3 is 0 Å². The lowest BCUT2D eigenvalue weighted by Crippen LogP contribution is -2.24.